The van der Waals surface area contributed by atoms with Crippen LogP contribution in [0.1, 0.15) is 25.8 Å². The lowest BCUT2D eigenvalue weighted by Gasteiger charge is -2.14. The van der Waals surface area contributed by atoms with Gasteiger partial charge in [0.25, 0.3) is 0 Å². The van der Waals surface area contributed by atoms with E-state index in [0.29, 0.717) is 5.92 Å². The average molecular weight is 319 g/mol. The van der Waals surface area contributed by atoms with Gasteiger partial charge in [0.05, 0.1) is 6.61 Å². The number of hydrogen-bond acceptors (Lipinski definition) is 2. The number of hydrogen-bond donors (Lipinski definition) is 1. The number of nitrogens with one attached hydrogen (secondary N) is 1. The van der Waals surface area contributed by atoms with Gasteiger partial charge in [0.1, 0.15) is 5.75 Å². The van der Waals surface area contributed by atoms with E-state index < -0.39 is 0 Å². The van der Waals surface area contributed by atoms with E-state index in [4.69, 9.17) is 4.74 Å². The van der Waals surface area contributed by atoms with Gasteiger partial charge in [-0.1, -0.05) is 68.4 Å². The molecule has 0 aliphatic heterocycles. The van der Waals surface area contributed by atoms with Crippen molar-refractivity contribution in [2.75, 3.05) is 11.9 Å². The highest BCUT2D eigenvalue weighted by atomic mass is 16.5. The Hall–Kier alpha value is -2.48. The summed E-state index contributed by atoms with van der Waals surface area (Å²) in [6.07, 6.45) is 1.07. The molecular formula is C22H25NO. The predicted octanol–water partition coefficient (Wildman–Crippen LogP) is 5.88. The Kier molecular flexibility index (Phi) is 5.37. The quantitative estimate of drug-likeness (QED) is 0.587. The van der Waals surface area contributed by atoms with Crippen LogP contribution in [-0.4, -0.2) is 6.61 Å². The van der Waals surface area contributed by atoms with Crippen molar-refractivity contribution in [3.8, 4) is 5.75 Å². The molecule has 0 atom stereocenters. The second kappa shape index (κ2) is 7.87. The number of para-hydroxylation sites is 1. The summed E-state index contributed by atoms with van der Waals surface area (Å²) in [6.45, 7) is 5.96. The van der Waals surface area contributed by atoms with Crippen LogP contribution in [-0.2, 0) is 6.54 Å². The molecule has 0 fully saturated rings. The predicted molar refractivity (Wildman–Crippen MR) is 103 cm³/mol. The zero-order chi connectivity index (χ0) is 16.8. The van der Waals surface area contributed by atoms with Gasteiger partial charge in [-0.15, -0.1) is 0 Å². The van der Waals surface area contributed by atoms with Gasteiger partial charge in [0, 0.05) is 23.2 Å². The standard InChI is InChI=1S/C22H25NO/c1-17(2)14-15-24-22-13-6-4-9-19(22)16-23-21-12-7-10-18-8-3-5-11-20(18)21/h3-13,17,23H,14-16H2,1-2H3. The van der Waals surface area contributed by atoms with Crippen molar-refractivity contribution in [2.45, 2.75) is 26.8 Å². The van der Waals surface area contributed by atoms with E-state index >= 15 is 0 Å². The molecule has 124 valence electrons. The summed E-state index contributed by atoms with van der Waals surface area (Å²) < 4.78 is 5.98. The van der Waals surface area contributed by atoms with Crippen molar-refractivity contribution in [1.82, 2.24) is 0 Å². The van der Waals surface area contributed by atoms with Crippen molar-refractivity contribution in [3.63, 3.8) is 0 Å². The molecule has 1 N–H and O–H groups in total. The third-order valence-corrected chi connectivity index (χ3v) is 4.18. The molecule has 0 amide bonds. The van der Waals surface area contributed by atoms with Crippen LogP contribution in [0.15, 0.2) is 66.7 Å². The molecule has 0 radical (unpaired) electrons. The molecule has 2 nitrogen and oxygen atoms in total. The first-order valence-corrected chi connectivity index (χ1v) is 8.66. The van der Waals surface area contributed by atoms with Crippen LogP contribution in [0.2, 0.25) is 0 Å². The Bertz CT molecular complexity index is 789. The van der Waals surface area contributed by atoms with Crippen LogP contribution in [0.4, 0.5) is 5.69 Å². The first kappa shape index (κ1) is 16.4. The van der Waals surface area contributed by atoms with Crippen LogP contribution < -0.4 is 10.1 Å². The second-order valence-corrected chi connectivity index (χ2v) is 6.52. The van der Waals surface area contributed by atoms with Gasteiger partial charge in [-0.2, -0.15) is 0 Å². The third-order valence-electron chi connectivity index (χ3n) is 4.18. The molecular weight excluding hydrogens is 294 g/mol. The minimum Gasteiger partial charge on any atom is -0.493 e. The molecule has 2 heteroatoms. The zero-order valence-corrected chi connectivity index (χ0v) is 14.5. The summed E-state index contributed by atoms with van der Waals surface area (Å²) >= 11 is 0. The van der Waals surface area contributed by atoms with Crippen molar-refractivity contribution in [2.24, 2.45) is 5.92 Å². The smallest absolute Gasteiger partial charge is 0.124 e. The second-order valence-electron chi connectivity index (χ2n) is 6.52. The molecule has 0 saturated carbocycles. The third kappa shape index (κ3) is 4.08. The van der Waals surface area contributed by atoms with Crippen LogP contribution in [0.3, 0.4) is 0 Å². The zero-order valence-electron chi connectivity index (χ0n) is 14.5. The normalized spacial score (nSPS) is 11.0. The van der Waals surface area contributed by atoms with Crippen molar-refractivity contribution in [1.29, 1.82) is 0 Å². The summed E-state index contributed by atoms with van der Waals surface area (Å²) in [6, 6.07) is 23.1. The monoisotopic (exact) mass is 319 g/mol. The Balaban J connectivity index is 1.72. The van der Waals surface area contributed by atoms with Crippen LogP contribution in [0.5, 0.6) is 5.75 Å². The molecule has 0 saturated heterocycles. The Labute approximate surface area is 144 Å². The van der Waals surface area contributed by atoms with Gasteiger partial charge in [-0.3, -0.25) is 0 Å². The number of benzene rings is 3. The van der Waals surface area contributed by atoms with Gasteiger partial charge in [0.2, 0.25) is 0 Å². The largest absolute Gasteiger partial charge is 0.493 e. The van der Waals surface area contributed by atoms with E-state index in [2.05, 4.69) is 79.8 Å². The molecule has 3 aromatic rings. The summed E-state index contributed by atoms with van der Waals surface area (Å²) in [7, 11) is 0. The average Bonchev–Trinajstić information content (AvgIpc) is 2.60. The lowest BCUT2D eigenvalue weighted by molar-refractivity contribution is 0.287. The first-order chi connectivity index (χ1) is 11.7. The van der Waals surface area contributed by atoms with E-state index in [-0.39, 0.29) is 0 Å². The Morgan fingerprint density at radius 1 is 0.875 bits per heavy atom. The molecule has 0 bridgehead atoms. The van der Waals surface area contributed by atoms with Crippen molar-refractivity contribution >= 4 is 16.5 Å². The maximum atomic E-state index is 5.98. The fourth-order valence-corrected chi connectivity index (χ4v) is 2.77. The summed E-state index contributed by atoms with van der Waals surface area (Å²) in [4.78, 5) is 0. The molecule has 3 rings (SSSR count). The summed E-state index contributed by atoms with van der Waals surface area (Å²) in [5, 5.41) is 6.07. The van der Waals surface area contributed by atoms with Gasteiger partial charge in [-0.25, -0.2) is 0 Å². The van der Waals surface area contributed by atoms with Gasteiger partial charge < -0.3 is 10.1 Å². The van der Waals surface area contributed by atoms with Crippen molar-refractivity contribution < 1.29 is 4.74 Å². The SMILES string of the molecule is CC(C)CCOc1ccccc1CNc1cccc2ccccc12. The van der Waals surface area contributed by atoms with Gasteiger partial charge in [-0.05, 0) is 29.9 Å². The van der Waals surface area contributed by atoms with Gasteiger partial charge >= 0.3 is 0 Å². The van der Waals surface area contributed by atoms with Gasteiger partial charge in [0.15, 0.2) is 0 Å². The molecule has 3 aromatic carbocycles. The van der Waals surface area contributed by atoms with E-state index in [0.717, 1.165) is 31.0 Å². The van der Waals surface area contributed by atoms with Crippen LogP contribution >= 0.6 is 0 Å². The number of anilines is 1. The highest BCUT2D eigenvalue weighted by Gasteiger charge is 2.05. The van der Waals surface area contributed by atoms with E-state index in [9.17, 15) is 0 Å². The molecule has 0 aliphatic rings. The molecule has 0 spiro atoms. The van der Waals surface area contributed by atoms with Crippen LogP contribution in [0, 0.1) is 5.92 Å². The molecule has 0 aliphatic carbocycles. The minimum absolute atomic E-state index is 0.658. The molecule has 0 aromatic heterocycles. The molecule has 0 heterocycles. The number of rotatable bonds is 7. The number of fused-ring (bicyclic) bond motifs is 1. The fraction of sp³-hybridized carbons (Fsp3) is 0.273. The topological polar surface area (TPSA) is 21.3 Å². The lowest BCUT2D eigenvalue weighted by atomic mass is 10.1. The Morgan fingerprint density at radius 3 is 2.50 bits per heavy atom. The highest BCUT2D eigenvalue weighted by Crippen LogP contribution is 2.25. The lowest BCUT2D eigenvalue weighted by Crippen LogP contribution is -2.06. The number of ether oxygens (including phenoxy) is 1. The maximum absolute atomic E-state index is 5.98. The molecule has 24 heavy (non-hydrogen) atoms. The Morgan fingerprint density at radius 2 is 1.62 bits per heavy atom. The van der Waals surface area contributed by atoms with E-state index in [1.807, 2.05) is 6.07 Å². The van der Waals surface area contributed by atoms with E-state index in [1.165, 1.54) is 16.3 Å². The maximum Gasteiger partial charge on any atom is 0.124 e. The summed E-state index contributed by atoms with van der Waals surface area (Å²) in [5.74, 6) is 1.64. The highest BCUT2D eigenvalue weighted by molar-refractivity contribution is 5.93. The van der Waals surface area contributed by atoms with Crippen LogP contribution in [0.25, 0.3) is 10.8 Å². The van der Waals surface area contributed by atoms with E-state index in [1.54, 1.807) is 0 Å². The summed E-state index contributed by atoms with van der Waals surface area (Å²) in [5.41, 5.74) is 2.35. The first-order valence-electron chi connectivity index (χ1n) is 8.66. The fourth-order valence-electron chi connectivity index (χ4n) is 2.77. The van der Waals surface area contributed by atoms with Crippen molar-refractivity contribution in [3.05, 3.63) is 72.3 Å². The minimum atomic E-state index is 0.658. The molecule has 0 unspecified atom stereocenters.